The molecule has 0 aliphatic carbocycles. The maximum absolute atomic E-state index is 14.1. The van der Waals surface area contributed by atoms with E-state index in [0.717, 1.165) is 80.9 Å². The van der Waals surface area contributed by atoms with Crippen molar-refractivity contribution in [1.29, 1.82) is 0 Å². The first-order valence-electron chi connectivity index (χ1n) is 16.0. The van der Waals surface area contributed by atoms with Crippen LogP contribution in [0.5, 0.6) is 0 Å². The first-order valence-corrected chi connectivity index (χ1v) is 16.0. The lowest BCUT2D eigenvalue weighted by Gasteiger charge is -2.30. The van der Waals surface area contributed by atoms with Crippen molar-refractivity contribution < 1.29 is 4.74 Å². The molecule has 46 heavy (non-hydrogen) atoms. The molecule has 2 saturated heterocycles. The number of aliphatic imine (C=N–C) groups is 1. The van der Waals surface area contributed by atoms with E-state index in [1.807, 2.05) is 25.5 Å². The number of rotatable bonds is 6. The molecule has 3 aliphatic rings. The van der Waals surface area contributed by atoms with Crippen molar-refractivity contribution in [3.8, 4) is 11.8 Å². The molecule has 2 N–H and O–H groups in total. The molecule has 0 spiro atoms. The van der Waals surface area contributed by atoms with Crippen LogP contribution in [0.1, 0.15) is 54.4 Å². The fraction of sp³-hybridized carbons (Fsp3) is 0.361. The van der Waals surface area contributed by atoms with E-state index in [9.17, 15) is 4.79 Å². The monoisotopic (exact) mass is 614 g/mol. The highest BCUT2D eigenvalue weighted by molar-refractivity contribution is 5.78. The van der Waals surface area contributed by atoms with E-state index in [4.69, 9.17) is 9.72 Å². The van der Waals surface area contributed by atoms with Crippen LogP contribution >= 0.6 is 0 Å². The van der Waals surface area contributed by atoms with Gasteiger partial charge < -0.3 is 20.3 Å². The van der Waals surface area contributed by atoms with E-state index in [0.29, 0.717) is 35.3 Å². The third-order valence-corrected chi connectivity index (χ3v) is 9.01. The number of allylic oxidation sites excluding steroid dienone is 2. The van der Waals surface area contributed by atoms with Crippen LogP contribution in [-0.4, -0.2) is 65.1 Å². The SMILES string of the molecule is CC1=C(C#Cc2cc3cnc(Nc4ccc(N5CCNCC5)c(C)c4)nc3n(Cc3cnccc3C3CCOCC3)c2=O)N=CC1. The first kappa shape index (κ1) is 29.8. The number of benzene rings is 1. The van der Waals surface area contributed by atoms with Gasteiger partial charge in [-0.05, 0) is 91.1 Å². The standard InChI is InChI=1S/C36H38N8O2/c1-24-7-12-39-32(24)5-3-27-20-28-22-40-36(41-30-4-6-33(25(2)19-30)43-15-13-37-14-16-43)42-34(28)44(35(27)45)23-29-21-38-11-8-31(29)26-9-17-46-18-10-26/h4,6,8,11-12,19-22,26,37H,7,9-10,13-18,23H2,1-2H3,(H,40,41,42). The molecular formula is C36H38N8O2. The van der Waals surface area contributed by atoms with Gasteiger partial charge in [0, 0.05) is 87.4 Å². The number of hydrogen-bond acceptors (Lipinski definition) is 9. The molecule has 0 amide bonds. The molecule has 7 rings (SSSR count). The summed E-state index contributed by atoms with van der Waals surface area (Å²) >= 11 is 0. The second-order valence-electron chi connectivity index (χ2n) is 12.1. The maximum Gasteiger partial charge on any atom is 0.268 e. The molecule has 0 saturated carbocycles. The van der Waals surface area contributed by atoms with Crippen molar-refractivity contribution in [2.24, 2.45) is 4.99 Å². The number of ether oxygens (including phenoxy) is 1. The summed E-state index contributed by atoms with van der Waals surface area (Å²) in [5, 5.41) is 7.52. The molecule has 4 aromatic rings. The molecular weight excluding hydrogens is 576 g/mol. The van der Waals surface area contributed by atoms with Gasteiger partial charge in [0.05, 0.1) is 12.1 Å². The Bertz CT molecular complexity index is 1960. The number of nitrogens with one attached hydrogen (secondary N) is 2. The Kier molecular flexibility index (Phi) is 8.59. The summed E-state index contributed by atoms with van der Waals surface area (Å²) < 4.78 is 7.34. The fourth-order valence-electron chi connectivity index (χ4n) is 6.47. The molecule has 3 aromatic heterocycles. The van der Waals surface area contributed by atoms with Crippen LogP contribution in [0.2, 0.25) is 0 Å². The number of aromatic nitrogens is 4. The van der Waals surface area contributed by atoms with Crippen molar-refractivity contribution in [3.63, 3.8) is 0 Å². The molecule has 6 heterocycles. The van der Waals surface area contributed by atoms with Crippen LogP contribution in [0.25, 0.3) is 11.0 Å². The first-order chi connectivity index (χ1) is 22.5. The lowest BCUT2D eigenvalue weighted by molar-refractivity contribution is 0.0851. The van der Waals surface area contributed by atoms with Gasteiger partial charge in [-0.25, -0.2) is 4.98 Å². The van der Waals surface area contributed by atoms with Crippen LogP contribution in [-0.2, 0) is 11.3 Å². The van der Waals surface area contributed by atoms with E-state index in [1.54, 1.807) is 16.8 Å². The normalized spacial score (nSPS) is 17.0. The van der Waals surface area contributed by atoms with Gasteiger partial charge in [0.15, 0.2) is 0 Å². The minimum absolute atomic E-state index is 0.206. The zero-order valence-electron chi connectivity index (χ0n) is 26.3. The molecule has 10 nitrogen and oxygen atoms in total. The van der Waals surface area contributed by atoms with Crippen LogP contribution < -0.4 is 21.1 Å². The Morgan fingerprint density at radius 3 is 2.70 bits per heavy atom. The van der Waals surface area contributed by atoms with E-state index in [1.165, 1.54) is 16.8 Å². The van der Waals surface area contributed by atoms with Gasteiger partial charge in [0.2, 0.25) is 5.95 Å². The molecule has 234 valence electrons. The van der Waals surface area contributed by atoms with Gasteiger partial charge in [-0.3, -0.25) is 19.3 Å². The zero-order chi connectivity index (χ0) is 31.5. The van der Waals surface area contributed by atoms with Crippen molar-refractivity contribution in [2.45, 2.75) is 45.6 Å². The van der Waals surface area contributed by atoms with Gasteiger partial charge >= 0.3 is 0 Å². The summed E-state index contributed by atoms with van der Waals surface area (Å²) in [6.07, 6.45) is 9.96. The molecule has 2 fully saturated rings. The van der Waals surface area contributed by atoms with E-state index in [-0.39, 0.29) is 5.56 Å². The number of nitrogens with zero attached hydrogens (tertiary/aromatic N) is 6. The number of fused-ring (bicyclic) bond motifs is 1. The Labute approximate surface area is 268 Å². The third-order valence-electron chi connectivity index (χ3n) is 9.01. The van der Waals surface area contributed by atoms with Crippen LogP contribution in [0.3, 0.4) is 0 Å². The number of pyridine rings is 2. The summed E-state index contributed by atoms with van der Waals surface area (Å²) in [6.45, 7) is 9.87. The van der Waals surface area contributed by atoms with E-state index >= 15 is 0 Å². The van der Waals surface area contributed by atoms with Crippen LogP contribution in [0, 0.1) is 18.8 Å². The smallest absolute Gasteiger partial charge is 0.268 e. The number of anilines is 3. The highest BCUT2D eigenvalue weighted by Crippen LogP contribution is 2.30. The van der Waals surface area contributed by atoms with Gasteiger partial charge in [0.1, 0.15) is 11.3 Å². The van der Waals surface area contributed by atoms with Crippen molar-refractivity contribution >= 4 is 34.6 Å². The second-order valence-corrected chi connectivity index (χ2v) is 12.1. The summed E-state index contributed by atoms with van der Waals surface area (Å²) in [5.74, 6) is 7.00. The zero-order valence-corrected chi connectivity index (χ0v) is 26.3. The second kappa shape index (κ2) is 13.3. The number of hydrogen-bond donors (Lipinski definition) is 2. The summed E-state index contributed by atoms with van der Waals surface area (Å²) in [7, 11) is 0. The van der Waals surface area contributed by atoms with Gasteiger partial charge in [-0.2, -0.15) is 4.98 Å². The van der Waals surface area contributed by atoms with Gasteiger partial charge in [0.25, 0.3) is 5.56 Å². The number of piperazine rings is 1. The predicted molar refractivity (Wildman–Crippen MR) is 182 cm³/mol. The average Bonchev–Trinajstić information content (AvgIpc) is 3.50. The van der Waals surface area contributed by atoms with Crippen molar-refractivity contribution in [3.05, 3.63) is 92.8 Å². The summed E-state index contributed by atoms with van der Waals surface area (Å²) in [6, 6.07) is 10.2. The largest absolute Gasteiger partial charge is 0.381 e. The van der Waals surface area contributed by atoms with E-state index in [2.05, 4.69) is 73.5 Å². The fourth-order valence-corrected chi connectivity index (χ4v) is 6.47. The lowest BCUT2D eigenvalue weighted by atomic mass is 9.89. The third kappa shape index (κ3) is 6.29. The Hall–Kier alpha value is -4.85. The van der Waals surface area contributed by atoms with Crippen molar-refractivity contribution in [1.82, 2.24) is 24.8 Å². The Morgan fingerprint density at radius 1 is 1.07 bits per heavy atom. The quantitative estimate of drug-likeness (QED) is 0.301. The van der Waals surface area contributed by atoms with Crippen LogP contribution in [0.4, 0.5) is 17.3 Å². The minimum Gasteiger partial charge on any atom is -0.381 e. The molecule has 0 radical (unpaired) electrons. The van der Waals surface area contributed by atoms with Crippen molar-refractivity contribution in [2.75, 3.05) is 49.6 Å². The Morgan fingerprint density at radius 2 is 1.91 bits per heavy atom. The molecule has 0 unspecified atom stereocenters. The van der Waals surface area contributed by atoms with Gasteiger partial charge in [-0.15, -0.1) is 0 Å². The molecule has 0 bridgehead atoms. The minimum atomic E-state index is -0.206. The molecule has 0 atom stereocenters. The van der Waals surface area contributed by atoms with Crippen LogP contribution in [0.15, 0.2) is 70.0 Å². The summed E-state index contributed by atoms with van der Waals surface area (Å²) in [4.78, 5) is 34.9. The highest BCUT2D eigenvalue weighted by Gasteiger charge is 2.21. The molecule has 10 heteroatoms. The van der Waals surface area contributed by atoms with E-state index < -0.39 is 0 Å². The maximum atomic E-state index is 14.1. The van der Waals surface area contributed by atoms with Gasteiger partial charge in [-0.1, -0.05) is 5.92 Å². The average molecular weight is 615 g/mol. The predicted octanol–water partition coefficient (Wildman–Crippen LogP) is 4.69. The summed E-state index contributed by atoms with van der Waals surface area (Å²) in [5.41, 5.74) is 8.03. The highest BCUT2D eigenvalue weighted by atomic mass is 16.5. The topological polar surface area (TPSA) is 110 Å². The Balaban J connectivity index is 1.27. The lowest BCUT2D eigenvalue weighted by Crippen LogP contribution is -2.43. The number of aryl methyl sites for hydroxylation is 1. The molecule has 1 aromatic carbocycles. The molecule has 3 aliphatic heterocycles.